The van der Waals surface area contributed by atoms with Crippen LogP contribution in [0.4, 0.5) is 0 Å². The van der Waals surface area contributed by atoms with Crippen LogP contribution >= 0.6 is 0 Å². The van der Waals surface area contributed by atoms with Gasteiger partial charge in [0, 0.05) is 5.92 Å². The van der Waals surface area contributed by atoms with Crippen molar-refractivity contribution in [2.45, 2.75) is 39.5 Å². The average molecular weight is 338 g/mol. The molecule has 0 heterocycles. The van der Waals surface area contributed by atoms with E-state index in [1.54, 1.807) is 6.08 Å². The van der Waals surface area contributed by atoms with Gasteiger partial charge in [0.2, 0.25) is 0 Å². The highest BCUT2D eigenvalue weighted by Crippen LogP contribution is 2.22. The summed E-state index contributed by atoms with van der Waals surface area (Å²) in [5.74, 6) is 0.116. The first kappa shape index (κ1) is 20.9. The van der Waals surface area contributed by atoms with Crippen LogP contribution in [0.1, 0.15) is 44.4 Å². The molecule has 0 amide bonds. The van der Waals surface area contributed by atoms with Crippen LogP contribution in [-0.2, 0) is 16.6 Å². The fourth-order valence-electron chi connectivity index (χ4n) is 2.31. The summed E-state index contributed by atoms with van der Waals surface area (Å²) in [6.45, 7) is 8.67. The molecular weight excluding hydrogens is 308 g/mol. The van der Waals surface area contributed by atoms with Crippen LogP contribution in [0, 0.1) is 5.92 Å². The van der Waals surface area contributed by atoms with Crippen molar-refractivity contribution < 1.29 is 9.90 Å². The molecule has 1 N–H and O–H groups in total. The number of carbonyl (C=O) groups excluding carboxylic acids is 1. The molecule has 0 aliphatic heterocycles. The van der Waals surface area contributed by atoms with Crippen LogP contribution in [0.5, 0.6) is 0 Å². The second-order valence-electron chi connectivity index (χ2n) is 7.26. The largest absolute Gasteiger partial charge is 0.392 e. The molecule has 2 nitrogen and oxygen atoms in total. The molecule has 2 heteroatoms. The highest BCUT2D eigenvalue weighted by molar-refractivity contribution is 5.53. The molecule has 0 radical (unpaired) electrons. The molecule has 0 aliphatic carbocycles. The average Bonchev–Trinajstić information content (AvgIpc) is 2.61. The van der Waals surface area contributed by atoms with Gasteiger partial charge in [0.15, 0.2) is 0 Å². The molecule has 1 atom stereocenters. The molecule has 134 valence electrons. The lowest BCUT2D eigenvalue weighted by molar-refractivity contribution is -0.110. The lowest BCUT2D eigenvalue weighted by Gasteiger charge is -2.19. The van der Waals surface area contributed by atoms with Gasteiger partial charge in [-0.05, 0) is 28.5 Å². The SMILES string of the molecule is CC(C=O)Cc1ccc(C(C)(C)C)cc1.OC/C=C/c1ccccc1. The van der Waals surface area contributed by atoms with Crippen LogP contribution in [-0.4, -0.2) is 18.0 Å². The van der Waals surface area contributed by atoms with Gasteiger partial charge in [-0.15, -0.1) is 0 Å². The van der Waals surface area contributed by atoms with Crippen molar-refractivity contribution in [1.29, 1.82) is 0 Å². The maximum Gasteiger partial charge on any atom is 0.123 e. The minimum absolute atomic E-state index is 0.106. The Kier molecular flexibility index (Phi) is 8.87. The summed E-state index contributed by atoms with van der Waals surface area (Å²) in [6, 6.07) is 18.5. The molecule has 0 aliphatic rings. The molecule has 0 saturated carbocycles. The monoisotopic (exact) mass is 338 g/mol. The van der Waals surface area contributed by atoms with Gasteiger partial charge in [-0.25, -0.2) is 0 Å². The summed E-state index contributed by atoms with van der Waals surface area (Å²) in [7, 11) is 0. The Labute approximate surface area is 152 Å². The number of aliphatic hydroxyl groups is 1. The van der Waals surface area contributed by atoms with E-state index in [-0.39, 0.29) is 17.9 Å². The van der Waals surface area contributed by atoms with Gasteiger partial charge in [0.05, 0.1) is 6.61 Å². The van der Waals surface area contributed by atoms with E-state index >= 15 is 0 Å². The van der Waals surface area contributed by atoms with E-state index in [2.05, 4.69) is 45.0 Å². The van der Waals surface area contributed by atoms with Gasteiger partial charge in [-0.1, -0.05) is 94.4 Å². The predicted octanol–water partition coefficient (Wildman–Crippen LogP) is 5.05. The van der Waals surface area contributed by atoms with E-state index < -0.39 is 0 Å². The van der Waals surface area contributed by atoms with Crippen molar-refractivity contribution in [3.05, 3.63) is 77.4 Å². The van der Waals surface area contributed by atoms with Gasteiger partial charge in [0.25, 0.3) is 0 Å². The van der Waals surface area contributed by atoms with Crippen molar-refractivity contribution >= 4 is 12.4 Å². The maximum absolute atomic E-state index is 10.5. The smallest absolute Gasteiger partial charge is 0.123 e. The lowest BCUT2D eigenvalue weighted by Crippen LogP contribution is -2.11. The fraction of sp³-hybridized carbons (Fsp3) is 0.348. The summed E-state index contributed by atoms with van der Waals surface area (Å²) in [5, 5.41) is 8.44. The van der Waals surface area contributed by atoms with Crippen molar-refractivity contribution in [2.75, 3.05) is 6.61 Å². The van der Waals surface area contributed by atoms with E-state index in [0.717, 1.165) is 18.3 Å². The number of rotatable bonds is 5. The zero-order valence-corrected chi connectivity index (χ0v) is 15.8. The van der Waals surface area contributed by atoms with E-state index in [1.807, 2.05) is 43.3 Å². The Hall–Kier alpha value is -2.19. The molecule has 0 aromatic heterocycles. The molecule has 0 saturated heterocycles. The third-order valence-electron chi connectivity index (χ3n) is 3.83. The summed E-state index contributed by atoms with van der Waals surface area (Å²) < 4.78 is 0. The third-order valence-corrected chi connectivity index (χ3v) is 3.83. The normalized spacial score (nSPS) is 12.4. The summed E-state index contributed by atoms with van der Waals surface area (Å²) in [5.41, 5.74) is 3.90. The summed E-state index contributed by atoms with van der Waals surface area (Å²) in [4.78, 5) is 10.5. The molecular formula is C23H30O2. The number of aldehydes is 1. The molecule has 25 heavy (non-hydrogen) atoms. The Bertz CT molecular complexity index is 634. The van der Waals surface area contributed by atoms with Crippen LogP contribution in [0.3, 0.4) is 0 Å². The number of aliphatic hydroxyl groups excluding tert-OH is 1. The fourth-order valence-corrected chi connectivity index (χ4v) is 2.31. The highest BCUT2D eigenvalue weighted by Gasteiger charge is 2.13. The van der Waals surface area contributed by atoms with Gasteiger partial charge in [-0.3, -0.25) is 0 Å². The zero-order chi connectivity index (χ0) is 18.7. The van der Waals surface area contributed by atoms with Crippen LogP contribution in [0.15, 0.2) is 60.7 Å². The Morgan fingerprint density at radius 1 is 1.00 bits per heavy atom. The molecule has 0 bridgehead atoms. The Balaban J connectivity index is 0.000000271. The van der Waals surface area contributed by atoms with Gasteiger partial charge in [0.1, 0.15) is 6.29 Å². The standard InChI is InChI=1S/C14H20O.C9H10O/c1-11(10-15)9-12-5-7-13(8-6-12)14(2,3)4;10-8-4-7-9-5-2-1-3-6-9/h5-8,10-11H,9H2,1-4H3;1-7,10H,8H2/b;7-4+. The minimum Gasteiger partial charge on any atom is -0.392 e. The van der Waals surface area contributed by atoms with Crippen molar-refractivity contribution in [1.82, 2.24) is 0 Å². The van der Waals surface area contributed by atoms with Crippen LogP contribution < -0.4 is 0 Å². The van der Waals surface area contributed by atoms with Gasteiger partial charge >= 0.3 is 0 Å². The van der Waals surface area contributed by atoms with Crippen molar-refractivity contribution in [2.24, 2.45) is 5.92 Å². The van der Waals surface area contributed by atoms with Gasteiger partial charge < -0.3 is 9.90 Å². The predicted molar refractivity (Wildman–Crippen MR) is 107 cm³/mol. The molecule has 0 fully saturated rings. The maximum atomic E-state index is 10.5. The lowest BCUT2D eigenvalue weighted by atomic mass is 9.86. The quantitative estimate of drug-likeness (QED) is 0.774. The number of benzene rings is 2. The third kappa shape index (κ3) is 8.46. The first-order valence-electron chi connectivity index (χ1n) is 8.74. The second-order valence-corrected chi connectivity index (χ2v) is 7.26. The van der Waals surface area contributed by atoms with Crippen molar-refractivity contribution in [3.63, 3.8) is 0 Å². The minimum atomic E-state index is 0.106. The molecule has 2 rings (SSSR count). The summed E-state index contributed by atoms with van der Waals surface area (Å²) in [6.07, 6.45) is 5.46. The molecule has 2 aromatic carbocycles. The van der Waals surface area contributed by atoms with Crippen LogP contribution in [0.25, 0.3) is 6.08 Å². The van der Waals surface area contributed by atoms with E-state index in [0.29, 0.717) is 0 Å². The first-order valence-corrected chi connectivity index (χ1v) is 8.74. The van der Waals surface area contributed by atoms with Gasteiger partial charge in [-0.2, -0.15) is 0 Å². The topological polar surface area (TPSA) is 37.3 Å². The second kappa shape index (κ2) is 10.6. The zero-order valence-electron chi connectivity index (χ0n) is 15.8. The molecule has 0 spiro atoms. The number of hydrogen-bond donors (Lipinski definition) is 1. The van der Waals surface area contributed by atoms with Crippen LogP contribution in [0.2, 0.25) is 0 Å². The van der Waals surface area contributed by atoms with Crippen molar-refractivity contribution in [3.8, 4) is 0 Å². The van der Waals surface area contributed by atoms with E-state index in [1.165, 1.54) is 11.1 Å². The number of carbonyl (C=O) groups is 1. The highest BCUT2D eigenvalue weighted by atomic mass is 16.2. The number of hydrogen-bond acceptors (Lipinski definition) is 2. The molecule has 1 unspecified atom stereocenters. The van der Waals surface area contributed by atoms with E-state index in [4.69, 9.17) is 5.11 Å². The Morgan fingerprint density at radius 3 is 2.08 bits per heavy atom. The van der Waals surface area contributed by atoms with E-state index in [9.17, 15) is 4.79 Å². The first-order chi connectivity index (χ1) is 11.9. The Morgan fingerprint density at radius 2 is 1.60 bits per heavy atom. The summed E-state index contributed by atoms with van der Waals surface area (Å²) >= 11 is 0. The molecule has 2 aromatic rings.